The summed E-state index contributed by atoms with van der Waals surface area (Å²) in [7, 11) is 1.64. The van der Waals surface area contributed by atoms with E-state index in [1.165, 1.54) is 0 Å². The number of nitrogens with zero attached hydrogens (tertiary/aromatic N) is 2. The molecule has 0 aromatic carbocycles. The summed E-state index contributed by atoms with van der Waals surface area (Å²) in [6.07, 6.45) is 3.37. The van der Waals surface area contributed by atoms with E-state index in [2.05, 4.69) is 25.6 Å². The zero-order valence-electron chi connectivity index (χ0n) is 14.5. The number of rotatable bonds is 6. The minimum Gasteiger partial charge on any atom is -0.383 e. The minimum absolute atomic E-state index is 0.00708. The fourth-order valence-corrected chi connectivity index (χ4v) is 2.64. The lowest BCUT2D eigenvalue weighted by Crippen LogP contribution is -2.23. The largest absolute Gasteiger partial charge is 0.383 e. The van der Waals surface area contributed by atoms with E-state index in [0.717, 1.165) is 10.9 Å². The number of hydrogen-bond donors (Lipinski definition) is 3. The number of ether oxygens (including phenoxy) is 1. The van der Waals surface area contributed by atoms with Crippen LogP contribution in [0.2, 0.25) is 0 Å². The zero-order chi connectivity index (χ0) is 17.8. The third kappa shape index (κ3) is 3.95. The van der Waals surface area contributed by atoms with Crippen LogP contribution in [-0.2, 0) is 4.74 Å². The number of aromatic nitrogens is 3. The Morgan fingerprint density at radius 2 is 2.12 bits per heavy atom. The molecule has 25 heavy (non-hydrogen) atoms. The second kappa shape index (κ2) is 7.31. The maximum atomic E-state index is 12.3. The molecule has 3 rings (SSSR count). The van der Waals surface area contributed by atoms with Gasteiger partial charge in [-0.05, 0) is 49.1 Å². The number of H-pyrrole nitrogens is 1. The quantitative estimate of drug-likeness (QED) is 0.639. The van der Waals surface area contributed by atoms with E-state index in [1.54, 1.807) is 19.5 Å². The van der Waals surface area contributed by atoms with Crippen LogP contribution < -0.4 is 16.2 Å². The summed E-state index contributed by atoms with van der Waals surface area (Å²) in [4.78, 5) is 23.8. The minimum atomic E-state index is -0.183. The van der Waals surface area contributed by atoms with Gasteiger partial charge in [-0.3, -0.25) is 4.79 Å². The molecule has 0 radical (unpaired) electrons. The molecule has 0 aliphatic rings. The second-order valence-corrected chi connectivity index (χ2v) is 5.97. The van der Waals surface area contributed by atoms with E-state index in [1.807, 2.05) is 38.1 Å². The Labute approximate surface area is 145 Å². The maximum absolute atomic E-state index is 12.3. The molecule has 0 amide bonds. The van der Waals surface area contributed by atoms with Crippen molar-refractivity contribution in [3.05, 3.63) is 52.6 Å². The van der Waals surface area contributed by atoms with E-state index in [0.29, 0.717) is 29.4 Å². The molecule has 3 aromatic heterocycles. The average Bonchev–Trinajstić information content (AvgIpc) is 2.55. The molecular weight excluding hydrogens is 318 g/mol. The van der Waals surface area contributed by atoms with Crippen molar-refractivity contribution in [2.75, 3.05) is 24.4 Å². The van der Waals surface area contributed by atoms with Gasteiger partial charge < -0.3 is 20.4 Å². The summed E-state index contributed by atoms with van der Waals surface area (Å²) in [6.45, 7) is 4.47. The van der Waals surface area contributed by atoms with Gasteiger partial charge in [-0.25, -0.2) is 9.97 Å². The van der Waals surface area contributed by atoms with Crippen LogP contribution in [-0.4, -0.2) is 34.7 Å². The molecule has 3 heterocycles. The van der Waals surface area contributed by atoms with Crippen molar-refractivity contribution in [2.24, 2.45) is 0 Å². The highest BCUT2D eigenvalue weighted by atomic mass is 16.5. The molecule has 0 fully saturated rings. The van der Waals surface area contributed by atoms with Gasteiger partial charge >= 0.3 is 0 Å². The van der Waals surface area contributed by atoms with Crippen molar-refractivity contribution in [3.8, 4) is 0 Å². The van der Waals surface area contributed by atoms with Crippen LogP contribution in [0, 0.1) is 6.92 Å². The maximum Gasteiger partial charge on any atom is 0.259 e. The van der Waals surface area contributed by atoms with Crippen molar-refractivity contribution in [1.82, 2.24) is 15.0 Å². The monoisotopic (exact) mass is 339 g/mol. The first kappa shape index (κ1) is 16.9. The fourth-order valence-electron chi connectivity index (χ4n) is 2.64. The van der Waals surface area contributed by atoms with E-state index < -0.39 is 0 Å². The van der Waals surface area contributed by atoms with Crippen molar-refractivity contribution >= 4 is 28.2 Å². The Hall–Kier alpha value is -2.93. The van der Waals surface area contributed by atoms with Crippen LogP contribution in [0.15, 0.2) is 41.5 Å². The lowest BCUT2D eigenvalue weighted by Gasteiger charge is -2.16. The number of pyridine rings is 3. The Kier molecular flexibility index (Phi) is 4.95. The lowest BCUT2D eigenvalue weighted by molar-refractivity contribution is 0.190. The molecule has 130 valence electrons. The van der Waals surface area contributed by atoms with Gasteiger partial charge in [0.2, 0.25) is 0 Å². The third-order valence-corrected chi connectivity index (χ3v) is 3.73. The number of anilines is 3. The van der Waals surface area contributed by atoms with E-state index >= 15 is 0 Å². The van der Waals surface area contributed by atoms with Crippen LogP contribution in [0.3, 0.4) is 0 Å². The topological polar surface area (TPSA) is 91.9 Å². The summed E-state index contributed by atoms with van der Waals surface area (Å²) in [5.41, 5.74) is 0.916. The van der Waals surface area contributed by atoms with Gasteiger partial charge in [0, 0.05) is 25.5 Å². The standard InChI is InChI=1S/C18H21N5O2/c1-11-4-6-19-14(8-11)22-15-9-13-5-7-20-18(24)16(13)17(23-15)21-12(2)10-25-3/h4-9,12H,10H2,1-3H3,(H,20,24)(H2,19,21,22,23). The molecular formula is C18H21N5O2. The molecule has 1 unspecified atom stereocenters. The second-order valence-electron chi connectivity index (χ2n) is 5.97. The summed E-state index contributed by atoms with van der Waals surface area (Å²) in [6, 6.07) is 7.55. The van der Waals surface area contributed by atoms with Crippen molar-refractivity contribution < 1.29 is 4.74 Å². The molecule has 1 atom stereocenters. The van der Waals surface area contributed by atoms with Gasteiger partial charge in [0.05, 0.1) is 12.0 Å². The molecule has 3 N–H and O–H groups in total. The first-order valence-electron chi connectivity index (χ1n) is 8.04. The summed E-state index contributed by atoms with van der Waals surface area (Å²) < 4.78 is 5.16. The predicted molar refractivity (Wildman–Crippen MR) is 99.6 cm³/mol. The Bertz CT molecular complexity index is 938. The van der Waals surface area contributed by atoms with Crippen LogP contribution in [0.25, 0.3) is 10.8 Å². The number of hydrogen-bond acceptors (Lipinski definition) is 6. The van der Waals surface area contributed by atoms with Crippen LogP contribution in [0.5, 0.6) is 0 Å². The van der Waals surface area contributed by atoms with Gasteiger partial charge in [0.25, 0.3) is 5.56 Å². The fraction of sp³-hybridized carbons (Fsp3) is 0.278. The first-order chi connectivity index (χ1) is 12.1. The number of aryl methyl sites for hydroxylation is 1. The van der Waals surface area contributed by atoms with Crippen molar-refractivity contribution in [1.29, 1.82) is 0 Å². The average molecular weight is 339 g/mol. The predicted octanol–water partition coefficient (Wildman–Crippen LogP) is 2.82. The molecule has 0 aliphatic heterocycles. The van der Waals surface area contributed by atoms with Crippen LogP contribution >= 0.6 is 0 Å². The number of methoxy groups -OCH3 is 1. The summed E-state index contributed by atoms with van der Waals surface area (Å²) in [5.74, 6) is 1.83. The molecule has 0 saturated carbocycles. The SMILES string of the molecule is COCC(C)Nc1nc(Nc2cc(C)ccn2)cc2cc[nH]c(=O)c12. The van der Waals surface area contributed by atoms with Crippen LogP contribution in [0.1, 0.15) is 12.5 Å². The normalized spacial score (nSPS) is 12.1. The van der Waals surface area contributed by atoms with E-state index in [9.17, 15) is 4.79 Å². The van der Waals surface area contributed by atoms with Gasteiger partial charge in [0.1, 0.15) is 17.5 Å². The van der Waals surface area contributed by atoms with Gasteiger partial charge in [0.15, 0.2) is 0 Å². The molecule has 7 heteroatoms. The van der Waals surface area contributed by atoms with Gasteiger partial charge in [-0.1, -0.05) is 0 Å². The summed E-state index contributed by atoms with van der Waals surface area (Å²) >= 11 is 0. The molecule has 0 aliphatic carbocycles. The third-order valence-electron chi connectivity index (χ3n) is 3.73. The van der Waals surface area contributed by atoms with E-state index in [4.69, 9.17) is 4.74 Å². The zero-order valence-corrected chi connectivity index (χ0v) is 14.5. The van der Waals surface area contributed by atoms with E-state index in [-0.39, 0.29) is 11.6 Å². The smallest absolute Gasteiger partial charge is 0.259 e. The Balaban J connectivity index is 2.03. The van der Waals surface area contributed by atoms with Crippen LogP contribution in [0.4, 0.5) is 17.5 Å². The summed E-state index contributed by atoms with van der Waals surface area (Å²) in [5, 5.41) is 7.76. The molecule has 0 bridgehead atoms. The number of fused-ring (bicyclic) bond motifs is 1. The molecule has 7 nitrogen and oxygen atoms in total. The molecule has 3 aromatic rings. The Morgan fingerprint density at radius 3 is 2.88 bits per heavy atom. The highest BCUT2D eigenvalue weighted by molar-refractivity contribution is 5.93. The highest BCUT2D eigenvalue weighted by Crippen LogP contribution is 2.24. The number of nitrogens with one attached hydrogen (secondary N) is 3. The highest BCUT2D eigenvalue weighted by Gasteiger charge is 2.12. The number of aromatic amines is 1. The lowest BCUT2D eigenvalue weighted by atomic mass is 10.2. The molecule has 0 spiro atoms. The molecule has 0 saturated heterocycles. The Morgan fingerprint density at radius 1 is 1.28 bits per heavy atom. The van der Waals surface area contributed by atoms with Gasteiger partial charge in [-0.2, -0.15) is 0 Å². The van der Waals surface area contributed by atoms with Crippen molar-refractivity contribution in [3.63, 3.8) is 0 Å². The van der Waals surface area contributed by atoms with Crippen molar-refractivity contribution in [2.45, 2.75) is 19.9 Å². The first-order valence-corrected chi connectivity index (χ1v) is 8.04. The van der Waals surface area contributed by atoms with Gasteiger partial charge in [-0.15, -0.1) is 0 Å².